The predicted octanol–water partition coefficient (Wildman–Crippen LogP) is 3.84. The largest absolute Gasteiger partial charge is 0.300 e. The maximum absolute atomic E-state index is 12.9. The standard InChI is InChI=1S/C19H24FN3/c20-19-6-4-17(5-7-19)3-1-12-22-14-8-18(9-15-22)10-16-23-13-2-11-21-23/h1-7,11,13,18H,8-10,12,14-16H2. The van der Waals surface area contributed by atoms with E-state index in [-0.39, 0.29) is 5.82 Å². The summed E-state index contributed by atoms with van der Waals surface area (Å²) in [6.07, 6.45) is 11.9. The maximum Gasteiger partial charge on any atom is 0.123 e. The summed E-state index contributed by atoms with van der Waals surface area (Å²) in [6, 6.07) is 8.62. The zero-order valence-corrected chi connectivity index (χ0v) is 13.4. The molecule has 1 aromatic heterocycles. The van der Waals surface area contributed by atoms with E-state index in [1.807, 2.05) is 35.3 Å². The minimum atomic E-state index is -0.181. The lowest BCUT2D eigenvalue weighted by atomic mass is 9.93. The van der Waals surface area contributed by atoms with Crippen molar-refractivity contribution in [3.63, 3.8) is 0 Å². The lowest BCUT2D eigenvalue weighted by Gasteiger charge is -2.31. The molecule has 2 heterocycles. The van der Waals surface area contributed by atoms with Crippen molar-refractivity contribution in [2.45, 2.75) is 25.8 Å². The second kappa shape index (κ2) is 8.06. The first-order valence-corrected chi connectivity index (χ1v) is 8.41. The molecule has 0 amide bonds. The minimum Gasteiger partial charge on any atom is -0.300 e. The molecule has 0 atom stereocenters. The average Bonchev–Trinajstić information content (AvgIpc) is 3.09. The maximum atomic E-state index is 12.9. The molecule has 2 aromatic rings. The van der Waals surface area contributed by atoms with Gasteiger partial charge < -0.3 is 0 Å². The first-order valence-electron chi connectivity index (χ1n) is 8.41. The number of halogens is 1. The lowest BCUT2D eigenvalue weighted by Crippen LogP contribution is -2.34. The average molecular weight is 313 g/mol. The van der Waals surface area contributed by atoms with Gasteiger partial charge in [0.2, 0.25) is 0 Å². The van der Waals surface area contributed by atoms with Crippen molar-refractivity contribution in [1.29, 1.82) is 0 Å². The van der Waals surface area contributed by atoms with E-state index in [1.54, 1.807) is 0 Å². The molecule has 1 fully saturated rings. The molecule has 3 nitrogen and oxygen atoms in total. The van der Waals surface area contributed by atoms with Crippen LogP contribution < -0.4 is 0 Å². The molecule has 1 saturated heterocycles. The van der Waals surface area contributed by atoms with Crippen molar-refractivity contribution in [3.8, 4) is 0 Å². The summed E-state index contributed by atoms with van der Waals surface area (Å²) in [7, 11) is 0. The zero-order valence-electron chi connectivity index (χ0n) is 13.4. The normalized spacial score (nSPS) is 17.1. The van der Waals surface area contributed by atoms with Gasteiger partial charge in [-0.15, -0.1) is 0 Å². The van der Waals surface area contributed by atoms with E-state index in [4.69, 9.17) is 0 Å². The molecule has 0 spiro atoms. The third-order valence-corrected chi connectivity index (χ3v) is 4.58. The second-order valence-electron chi connectivity index (χ2n) is 6.26. The van der Waals surface area contributed by atoms with Gasteiger partial charge in [0.05, 0.1) is 0 Å². The van der Waals surface area contributed by atoms with E-state index in [2.05, 4.69) is 22.2 Å². The molecule has 3 rings (SSSR count). The van der Waals surface area contributed by atoms with Gasteiger partial charge in [0, 0.05) is 25.5 Å². The summed E-state index contributed by atoms with van der Waals surface area (Å²) in [5, 5.41) is 4.26. The van der Waals surface area contributed by atoms with Crippen molar-refractivity contribution in [2.75, 3.05) is 19.6 Å². The van der Waals surface area contributed by atoms with Crippen molar-refractivity contribution in [3.05, 3.63) is 60.2 Å². The van der Waals surface area contributed by atoms with Crippen LogP contribution in [0.5, 0.6) is 0 Å². The van der Waals surface area contributed by atoms with Crippen molar-refractivity contribution < 1.29 is 4.39 Å². The summed E-state index contributed by atoms with van der Waals surface area (Å²) in [5.74, 6) is 0.635. The van der Waals surface area contributed by atoms with Gasteiger partial charge >= 0.3 is 0 Å². The molecule has 4 heteroatoms. The van der Waals surface area contributed by atoms with Crippen LogP contribution in [-0.4, -0.2) is 34.3 Å². The fourth-order valence-corrected chi connectivity index (χ4v) is 3.12. The Labute approximate surface area is 137 Å². The first-order chi connectivity index (χ1) is 11.3. The third kappa shape index (κ3) is 5.03. The highest BCUT2D eigenvalue weighted by Gasteiger charge is 2.18. The van der Waals surface area contributed by atoms with E-state index in [9.17, 15) is 4.39 Å². The van der Waals surface area contributed by atoms with Gasteiger partial charge in [-0.25, -0.2) is 4.39 Å². The number of benzene rings is 1. The van der Waals surface area contributed by atoms with Crippen LogP contribution in [-0.2, 0) is 6.54 Å². The second-order valence-corrected chi connectivity index (χ2v) is 6.26. The molecule has 1 aromatic carbocycles. The number of piperidine rings is 1. The Morgan fingerprint density at radius 2 is 1.96 bits per heavy atom. The van der Waals surface area contributed by atoms with Crippen LogP contribution in [0.1, 0.15) is 24.8 Å². The number of hydrogen-bond acceptors (Lipinski definition) is 2. The molecule has 0 radical (unpaired) electrons. The van der Waals surface area contributed by atoms with Crippen LogP contribution >= 0.6 is 0 Å². The van der Waals surface area contributed by atoms with Gasteiger partial charge in [0.25, 0.3) is 0 Å². The highest BCUT2D eigenvalue weighted by Crippen LogP contribution is 2.21. The number of aryl methyl sites for hydroxylation is 1. The quantitative estimate of drug-likeness (QED) is 0.808. The molecular weight excluding hydrogens is 289 g/mol. The molecule has 122 valence electrons. The predicted molar refractivity (Wildman–Crippen MR) is 91.4 cm³/mol. The summed E-state index contributed by atoms with van der Waals surface area (Å²) in [5.41, 5.74) is 1.06. The molecule has 0 aliphatic carbocycles. The van der Waals surface area contributed by atoms with Crippen LogP contribution in [0.3, 0.4) is 0 Å². The van der Waals surface area contributed by atoms with Crippen LogP contribution in [0, 0.1) is 11.7 Å². The first kappa shape index (κ1) is 15.9. The number of likely N-dealkylation sites (tertiary alicyclic amines) is 1. The van der Waals surface area contributed by atoms with Crippen molar-refractivity contribution in [1.82, 2.24) is 14.7 Å². The Morgan fingerprint density at radius 1 is 1.17 bits per heavy atom. The molecule has 0 bridgehead atoms. The highest BCUT2D eigenvalue weighted by atomic mass is 19.1. The van der Waals surface area contributed by atoms with Crippen LogP contribution in [0.4, 0.5) is 4.39 Å². The van der Waals surface area contributed by atoms with Gasteiger partial charge in [0.1, 0.15) is 5.82 Å². The molecule has 1 aliphatic rings. The molecule has 0 N–H and O–H groups in total. The van der Waals surface area contributed by atoms with Gasteiger partial charge in [0.15, 0.2) is 0 Å². The summed E-state index contributed by atoms with van der Waals surface area (Å²) in [6.45, 7) is 4.33. The smallest absolute Gasteiger partial charge is 0.123 e. The fraction of sp³-hybridized carbons (Fsp3) is 0.421. The summed E-state index contributed by atoms with van der Waals surface area (Å²) in [4.78, 5) is 2.49. The topological polar surface area (TPSA) is 21.1 Å². The Morgan fingerprint density at radius 3 is 2.65 bits per heavy atom. The van der Waals surface area contributed by atoms with E-state index in [1.165, 1.54) is 31.4 Å². The molecule has 0 unspecified atom stereocenters. The van der Waals surface area contributed by atoms with Crippen molar-refractivity contribution in [2.24, 2.45) is 5.92 Å². The number of rotatable bonds is 6. The molecular formula is C19H24FN3. The van der Waals surface area contributed by atoms with Gasteiger partial charge in [-0.1, -0.05) is 24.3 Å². The highest BCUT2D eigenvalue weighted by molar-refractivity contribution is 5.48. The Kier molecular flexibility index (Phi) is 5.59. The monoisotopic (exact) mass is 313 g/mol. The Bertz CT molecular complexity index is 596. The van der Waals surface area contributed by atoms with Crippen LogP contribution in [0.15, 0.2) is 48.8 Å². The van der Waals surface area contributed by atoms with Crippen LogP contribution in [0.25, 0.3) is 6.08 Å². The SMILES string of the molecule is Fc1ccc(C=CCN2CCC(CCn3cccn3)CC2)cc1. The number of aromatic nitrogens is 2. The Hall–Kier alpha value is -1.94. The summed E-state index contributed by atoms with van der Waals surface area (Å²) >= 11 is 0. The van der Waals surface area contributed by atoms with E-state index in [0.717, 1.165) is 37.7 Å². The number of nitrogens with zero attached hydrogens (tertiary/aromatic N) is 3. The lowest BCUT2D eigenvalue weighted by molar-refractivity contribution is 0.190. The molecule has 23 heavy (non-hydrogen) atoms. The fourth-order valence-electron chi connectivity index (χ4n) is 3.12. The number of hydrogen-bond donors (Lipinski definition) is 0. The zero-order chi connectivity index (χ0) is 15.9. The summed E-state index contributed by atoms with van der Waals surface area (Å²) < 4.78 is 14.9. The van der Waals surface area contributed by atoms with Gasteiger partial charge in [-0.3, -0.25) is 9.58 Å². The van der Waals surface area contributed by atoms with Crippen LogP contribution in [0.2, 0.25) is 0 Å². The van der Waals surface area contributed by atoms with Gasteiger partial charge in [-0.05, 0) is 62.0 Å². The molecule has 1 aliphatic heterocycles. The third-order valence-electron chi connectivity index (χ3n) is 4.58. The Balaban J connectivity index is 1.36. The van der Waals surface area contributed by atoms with E-state index < -0.39 is 0 Å². The van der Waals surface area contributed by atoms with Gasteiger partial charge in [-0.2, -0.15) is 5.10 Å². The minimum absolute atomic E-state index is 0.181. The van der Waals surface area contributed by atoms with E-state index in [0.29, 0.717) is 0 Å². The van der Waals surface area contributed by atoms with E-state index >= 15 is 0 Å². The molecule has 0 saturated carbocycles. The van der Waals surface area contributed by atoms with Crippen molar-refractivity contribution >= 4 is 6.08 Å².